The van der Waals surface area contributed by atoms with E-state index in [2.05, 4.69) is 20.0 Å². The van der Waals surface area contributed by atoms with Gasteiger partial charge in [-0.2, -0.15) is 0 Å². The molecule has 1 rings (SSSR count). The Hall–Kier alpha value is -3.20. The number of aliphatic hydroxyl groups is 1. The van der Waals surface area contributed by atoms with E-state index in [0.29, 0.717) is 0 Å². The first-order valence-electron chi connectivity index (χ1n) is 10.7. The number of carboxylic acid groups (broad SMARTS) is 1. The summed E-state index contributed by atoms with van der Waals surface area (Å²) in [6.45, 7) is 2.82. The van der Waals surface area contributed by atoms with Crippen molar-refractivity contribution >= 4 is 66.6 Å². The normalized spacial score (nSPS) is 13.1. The lowest BCUT2D eigenvalue weighted by molar-refractivity contribution is -0.175. The van der Waals surface area contributed by atoms with Gasteiger partial charge < -0.3 is 35.3 Å². The van der Waals surface area contributed by atoms with Crippen LogP contribution in [0.4, 0.5) is 0 Å². The highest BCUT2D eigenvalue weighted by atomic mass is 35.5. The average Bonchev–Trinajstić information content (AvgIpc) is 2.78. The molecule has 0 radical (unpaired) electrons. The van der Waals surface area contributed by atoms with Gasteiger partial charge in [-0.15, -0.1) is 0 Å². The number of esters is 2. The number of hydrogen-bond donors (Lipinski definition) is 5. The van der Waals surface area contributed by atoms with Crippen molar-refractivity contribution in [3.8, 4) is 0 Å². The molecule has 37 heavy (non-hydrogen) atoms. The van der Waals surface area contributed by atoms with Crippen LogP contribution in [0, 0.1) is 5.92 Å². The number of rotatable bonds is 13. The number of carbonyl (C=O) groups excluding carboxylic acids is 5. The Kier molecular flexibility index (Phi) is 12.5. The van der Waals surface area contributed by atoms with Crippen molar-refractivity contribution in [3.63, 3.8) is 0 Å². The first-order chi connectivity index (χ1) is 17.2. The Bertz CT molecular complexity index is 1050. The standard InChI is InChI=1S/C21H25BCl2N2O11/c1-10(2)5-14(26-15(27)9-25-18(30)12-6-11(23)3-4-13(12)24)19(31)36-16(28)7-21(34,20(32)33)8-17(29)37-22-35/h3-4,6,10,14,22,34-35H,5,7-9H2,1-2H3,(H,25,30)(H,26,27)(H,32,33)/t14-,21?/m1/s1. The molecule has 1 aromatic carbocycles. The molecule has 0 bridgehead atoms. The Morgan fingerprint density at radius 1 is 1.08 bits per heavy atom. The summed E-state index contributed by atoms with van der Waals surface area (Å²) < 4.78 is 8.73. The second-order valence-electron chi connectivity index (χ2n) is 8.19. The molecule has 13 nitrogen and oxygen atoms in total. The number of carboxylic acids is 1. The molecule has 2 atom stereocenters. The van der Waals surface area contributed by atoms with Gasteiger partial charge in [-0.3, -0.25) is 19.2 Å². The topological polar surface area (TPSA) is 206 Å². The van der Waals surface area contributed by atoms with E-state index in [4.69, 9.17) is 28.2 Å². The average molecular weight is 563 g/mol. The molecule has 1 aromatic rings. The zero-order valence-corrected chi connectivity index (χ0v) is 21.3. The molecule has 0 saturated heterocycles. The van der Waals surface area contributed by atoms with Crippen molar-refractivity contribution in [1.29, 1.82) is 0 Å². The zero-order chi connectivity index (χ0) is 28.3. The van der Waals surface area contributed by atoms with E-state index in [9.17, 15) is 39.0 Å². The minimum Gasteiger partial charge on any atom is -0.512 e. The molecular weight excluding hydrogens is 538 g/mol. The third-order valence-electron chi connectivity index (χ3n) is 4.62. The molecule has 0 fully saturated rings. The lowest BCUT2D eigenvalue weighted by Crippen LogP contribution is -2.48. The maximum absolute atomic E-state index is 12.5. The van der Waals surface area contributed by atoms with Crippen LogP contribution < -0.4 is 10.6 Å². The summed E-state index contributed by atoms with van der Waals surface area (Å²) in [7, 11) is -1.08. The number of nitrogens with one attached hydrogen (secondary N) is 2. The second kappa shape index (κ2) is 14.5. The van der Waals surface area contributed by atoms with Crippen molar-refractivity contribution in [3.05, 3.63) is 33.8 Å². The van der Waals surface area contributed by atoms with Crippen molar-refractivity contribution in [2.75, 3.05) is 6.54 Å². The van der Waals surface area contributed by atoms with E-state index < -0.39 is 74.4 Å². The van der Waals surface area contributed by atoms with Crippen LogP contribution in [0.25, 0.3) is 0 Å². The number of ether oxygens (including phenoxy) is 1. The largest absolute Gasteiger partial charge is 0.512 e. The van der Waals surface area contributed by atoms with Crippen LogP contribution in [0.5, 0.6) is 0 Å². The molecule has 0 aliphatic rings. The lowest BCUT2D eigenvalue weighted by Gasteiger charge is -2.22. The van der Waals surface area contributed by atoms with E-state index in [1.54, 1.807) is 13.8 Å². The van der Waals surface area contributed by atoms with Crippen molar-refractivity contribution in [2.45, 2.75) is 44.8 Å². The molecule has 2 amide bonds. The predicted molar refractivity (Wildman–Crippen MR) is 129 cm³/mol. The summed E-state index contributed by atoms with van der Waals surface area (Å²) >= 11 is 11.8. The molecule has 0 heterocycles. The highest BCUT2D eigenvalue weighted by molar-refractivity contribution is 6.35. The van der Waals surface area contributed by atoms with Crippen LogP contribution in [0.1, 0.15) is 43.5 Å². The van der Waals surface area contributed by atoms with Gasteiger partial charge in [0, 0.05) is 5.02 Å². The van der Waals surface area contributed by atoms with E-state index in [0.717, 1.165) is 0 Å². The molecular formula is C21H25BCl2N2O11. The second-order valence-corrected chi connectivity index (χ2v) is 9.03. The number of benzene rings is 1. The van der Waals surface area contributed by atoms with Crippen molar-refractivity contribution < 1.29 is 53.4 Å². The van der Waals surface area contributed by atoms with E-state index in [1.807, 2.05) is 0 Å². The molecule has 5 N–H and O–H groups in total. The molecule has 0 aliphatic carbocycles. The summed E-state index contributed by atoms with van der Waals surface area (Å²) in [6.07, 6.45) is -2.53. The number of hydrogen-bond acceptors (Lipinski definition) is 10. The predicted octanol–water partition coefficient (Wildman–Crippen LogP) is -0.278. The first kappa shape index (κ1) is 31.8. The van der Waals surface area contributed by atoms with Gasteiger partial charge in [0.15, 0.2) is 5.60 Å². The number of amides is 2. The molecule has 0 aliphatic heterocycles. The maximum atomic E-state index is 12.5. The summed E-state index contributed by atoms with van der Waals surface area (Å²) in [5, 5.41) is 32.8. The monoisotopic (exact) mass is 562 g/mol. The Morgan fingerprint density at radius 2 is 1.70 bits per heavy atom. The lowest BCUT2D eigenvalue weighted by atomic mass is 9.95. The number of halogens is 2. The zero-order valence-electron chi connectivity index (χ0n) is 19.8. The summed E-state index contributed by atoms with van der Waals surface area (Å²) in [4.78, 5) is 72.1. The minimum absolute atomic E-state index is 0.00204. The number of aliphatic carboxylic acids is 1. The third kappa shape index (κ3) is 10.8. The fourth-order valence-corrected chi connectivity index (χ4v) is 3.27. The van der Waals surface area contributed by atoms with Gasteiger partial charge in [0.25, 0.3) is 11.9 Å². The van der Waals surface area contributed by atoms with Crippen LogP contribution in [0.2, 0.25) is 10.0 Å². The fraction of sp³-hybridized carbons (Fsp3) is 0.429. The van der Waals surface area contributed by atoms with Gasteiger partial charge in [0.1, 0.15) is 6.04 Å². The van der Waals surface area contributed by atoms with E-state index in [1.165, 1.54) is 18.2 Å². The number of carbonyl (C=O) groups is 6. The first-order valence-corrected chi connectivity index (χ1v) is 11.4. The highest BCUT2D eigenvalue weighted by Crippen LogP contribution is 2.21. The van der Waals surface area contributed by atoms with E-state index in [-0.39, 0.29) is 27.9 Å². The van der Waals surface area contributed by atoms with Gasteiger partial charge in [-0.25, -0.2) is 9.59 Å². The summed E-state index contributed by atoms with van der Waals surface area (Å²) in [6, 6.07) is 2.78. The van der Waals surface area contributed by atoms with Crippen molar-refractivity contribution in [1.82, 2.24) is 10.6 Å². The molecule has 0 saturated carbocycles. The highest BCUT2D eigenvalue weighted by Gasteiger charge is 2.42. The molecule has 202 valence electrons. The SMILES string of the molecule is CC(C)C[C@@H](NC(=O)CNC(=O)c1cc(Cl)ccc1Cl)C(=O)OC(=O)CC(O)(CC(=O)OBO)C(=O)O. The van der Waals surface area contributed by atoms with E-state index >= 15 is 0 Å². The van der Waals surface area contributed by atoms with Crippen LogP contribution in [0.3, 0.4) is 0 Å². The van der Waals surface area contributed by atoms with Crippen LogP contribution in [0.15, 0.2) is 18.2 Å². The molecule has 16 heteroatoms. The molecule has 1 unspecified atom stereocenters. The smallest absolute Gasteiger partial charge is 0.506 e. The van der Waals surface area contributed by atoms with Crippen LogP contribution in [-0.2, 0) is 33.4 Å². The Morgan fingerprint density at radius 3 is 2.27 bits per heavy atom. The summed E-state index contributed by atoms with van der Waals surface area (Å²) in [5.41, 5.74) is -2.97. The molecule has 0 spiro atoms. The van der Waals surface area contributed by atoms with Gasteiger partial charge in [0.05, 0.1) is 30.0 Å². The Labute approximate surface area is 221 Å². The van der Waals surface area contributed by atoms with Gasteiger partial charge >= 0.3 is 25.6 Å². The third-order valence-corrected chi connectivity index (χ3v) is 5.19. The van der Waals surface area contributed by atoms with Crippen LogP contribution in [-0.4, -0.2) is 76.8 Å². The quantitative estimate of drug-likeness (QED) is 0.120. The van der Waals surface area contributed by atoms with Crippen LogP contribution >= 0.6 is 23.2 Å². The maximum Gasteiger partial charge on any atom is 0.506 e. The van der Waals surface area contributed by atoms with Gasteiger partial charge in [-0.05, 0) is 30.5 Å². The summed E-state index contributed by atoms with van der Waals surface area (Å²) in [5.74, 6) is -7.78. The Balaban J connectivity index is 2.81. The fourth-order valence-electron chi connectivity index (χ4n) is 2.89. The minimum atomic E-state index is -2.98. The van der Waals surface area contributed by atoms with Gasteiger partial charge in [-0.1, -0.05) is 37.0 Å². The van der Waals surface area contributed by atoms with Gasteiger partial charge in [0.2, 0.25) is 5.91 Å². The molecule has 0 aromatic heterocycles. The van der Waals surface area contributed by atoms with Crippen molar-refractivity contribution in [2.24, 2.45) is 5.92 Å².